The van der Waals surface area contributed by atoms with Gasteiger partial charge < -0.3 is 9.31 Å². The van der Waals surface area contributed by atoms with Crippen LogP contribution >= 0.6 is 0 Å². The predicted octanol–water partition coefficient (Wildman–Crippen LogP) is 4.25. The maximum absolute atomic E-state index is 6.10. The first kappa shape index (κ1) is 14.3. The zero-order valence-corrected chi connectivity index (χ0v) is 14.0. The third kappa shape index (κ3) is 2.32. The molecule has 1 aliphatic heterocycles. The van der Waals surface area contributed by atoms with E-state index in [2.05, 4.69) is 39.7 Å². The van der Waals surface area contributed by atoms with E-state index >= 15 is 0 Å². The Bertz CT molecular complexity index is 410. The van der Waals surface area contributed by atoms with Gasteiger partial charge in [0.1, 0.15) is 0 Å². The van der Waals surface area contributed by atoms with Crippen LogP contribution in [0, 0.1) is 29.6 Å². The van der Waals surface area contributed by atoms with Crippen LogP contribution in [0.1, 0.15) is 59.8 Å². The van der Waals surface area contributed by atoms with E-state index in [1.807, 2.05) is 0 Å². The highest BCUT2D eigenvalue weighted by molar-refractivity contribution is 6.51. The molecule has 0 aromatic heterocycles. The SMILES string of the molecule is CC1(C)OB(/C=C/C2C3CC4CC(C3)CC2C4)OC1(C)C. The molecule has 5 rings (SSSR count). The second kappa shape index (κ2) is 4.61. The van der Waals surface area contributed by atoms with E-state index in [0.717, 1.165) is 29.6 Å². The number of hydrogen-bond acceptors (Lipinski definition) is 2. The van der Waals surface area contributed by atoms with Gasteiger partial charge in [0.2, 0.25) is 0 Å². The van der Waals surface area contributed by atoms with Crippen molar-refractivity contribution in [2.24, 2.45) is 29.6 Å². The molecule has 0 spiro atoms. The molecule has 0 radical (unpaired) electrons. The molecule has 4 aliphatic carbocycles. The molecule has 5 fully saturated rings. The summed E-state index contributed by atoms with van der Waals surface area (Å²) >= 11 is 0. The summed E-state index contributed by atoms with van der Waals surface area (Å²) in [6.07, 6.45) is 9.89. The smallest absolute Gasteiger partial charge is 0.400 e. The van der Waals surface area contributed by atoms with Gasteiger partial charge in [0.25, 0.3) is 0 Å². The van der Waals surface area contributed by atoms with Gasteiger partial charge in [0.05, 0.1) is 11.2 Å². The summed E-state index contributed by atoms with van der Waals surface area (Å²) < 4.78 is 12.2. The molecule has 4 bridgehead atoms. The Morgan fingerprint density at radius 2 is 1.29 bits per heavy atom. The van der Waals surface area contributed by atoms with Gasteiger partial charge in [-0.3, -0.25) is 0 Å². The number of allylic oxidation sites excluding steroid dienone is 1. The first-order chi connectivity index (χ1) is 9.84. The molecule has 116 valence electrons. The lowest BCUT2D eigenvalue weighted by molar-refractivity contribution is -0.0161. The topological polar surface area (TPSA) is 18.5 Å². The molecule has 21 heavy (non-hydrogen) atoms. The van der Waals surface area contributed by atoms with E-state index in [-0.39, 0.29) is 18.3 Å². The molecule has 4 saturated carbocycles. The molecular weight excluding hydrogens is 259 g/mol. The van der Waals surface area contributed by atoms with Gasteiger partial charge in [-0.2, -0.15) is 0 Å². The van der Waals surface area contributed by atoms with E-state index in [4.69, 9.17) is 9.31 Å². The molecule has 0 unspecified atom stereocenters. The van der Waals surface area contributed by atoms with Crippen LogP contribution in [0.15, 0.2) is 12.1 Å². The summed E-state index contributed by atoms with van der Waals surface area (Å²) in [5.41, 5.74) is -0.432. The number of hydrogen-bond donors (Lipinski definition) is 0. The molecule has 3 heteroatoms. The molecule has 0 N–H and O–H groups in total. The van der Waals surface area contributed by atoms with Crippen molar-refractivity contribution >= 4 is 7.12 Å². The molecule has 2 nitrogen and oxygen atoms in total. The summed E-state index contributed by atoms with van der Waals surface area (Å²) in [6.45, 7) is 8.51. The third-order valence-corrected chi connectivity index (χ3v) is 7.06. The minimum atomic E-state index is -0.216. The summed E-state index contributed by atoms with van der Waals surface area (Å²) in [7, 11) is -0.160. The maximum Gasteiger partial charge on any atom is 0.486 e. The van der Waals surface area contributed by atoms with Gasteiger partial charge in [-0.05, 0) is 89.4 Å². The van der Waals surface area contributed by atoms with Crippen LogP contribution in [-0.4, -0.2) is 18.3 Å². The van der Waals surface area contributed by atoms with Gasteiger partial charge in [-0.1, -0.05) is 12.1 Å². The van der Waals surface area contributed by atoms with Crippen molar-refractivity contribution in [1.29, 1.82) is 0 Å². The van der Waals surface area contributed by atoms with Crippen LogP contribution < -0.4 is 0 Å². The molecule has 0 atom stereocenters. The zero-order chi connectivity index (χ0) is 14.8. The normalized spacial score (nSPS) is 46.7. The highest BCUT2D eigenvalue weighted by Gasteiger charge is 2.51. The van der Waals surface area contributed by atoms with Crippen molar-refractivity contribution in [3.63, 3.8) is 0 Å². The third-order valence-electron chi connectivity index (χ3n) is 7.06. The van der Waals surface area contributed by atoms with E-state index in [1.54, 1.807) is 0 Å². The summed E-state index contributed by atoms with van der Waals surface area (Å²) in [5, 5.41) is 0. The maximum atomic E-state index is 6.10. The highest BCUT2D eigenvalue weighted by atomic mass is 16.7. The van der Waals surface area contributed by atoms with Gasteiger partial charge in [-0.15, -0.1) is 0 Å². The first-order valence-corrected chi connectivity index (χ1v) is 8.88. The lowest BCUT2D eigenvalue weighted by atomic mass is 9.51. The Morgan fingerprint density at radius 3 is 1.76 bits per heavy atom. The average molecular weight is 288 g/mol. The van der Waals surface area contributed by atoms with Crippen LogP contribution in [0.4, 0.5) is 0 Å². The summed E-state index contributed by atoms with van der Waals surface area (Å²) in [5.74, 6) is 6.99. The lowest BCUT2D eigenvalue weighted by Crippen LogP contribution is -2.44. The van der Waals surface area contributed by atoms with Crippen LogP contribution in [0.5, 0.6) is 0 Å². The molecule has 0 aromatic rings. The van der Waals surface area contributed by atoms with E-state index in [1.165, 1.54) is 32.1 Å². The van der Waals surface area contributed by atoms with E-state index in [9.17, 15) is 0 Å². The fourth-order valence-electron chi connectivity index (χ4n) is 5.47. The van der Waals surface area contributed by atoms with Crippen molar-refractivity contribution in [2.75, 3.05) is 0 Å². The second-order valence-electron chi connectivity index (χ2n) is 9.02. The fraction of sp³-hybridized carbons (Fsp3) is 0.889. The molecular formula is C18H29BO2. The van der Waals surface area contributed by atoms with Crippen molar-refractivity contribution < 1.29 is 9.31 Å². The van der Waals surface area contributed by atoms with Gasteiger partial charge in [0, 0.05) is 0 Å². The lowest BCUT2D eigenvalue weighted by Gasteiger charge is -2.53. The van der Waals surface area contributed by atoms with Gasteiger partial charge in [-0.25, -0.2) is 0 Å². The minimum Gasteiger partial charge on any atom is -0.400 e. The van der Waals surface area contributed by atoms with Crippen molar-refractivity contribution in [1.82, 2.24) is 0 Å². The standard InChI is InChI=1S/C18H29BO2/c1-17(2)18(3,4)21-19(20-17)6-5-16-14-8-12-7-13(10-14)11-15(16)9-12/h5-6,12-16H,7-11H2,1-4H3/b6-5+. The molecule has 1 heterocycles. The number of rotatable bonds is 2. The van der Waals surface area contributed by atoms with E-state index < -0.39 is 0 Å². The largest absolute Gasteiger partial charge is 0.486 e. The average Bonchev–Trinajstić information content (AvgIpc) is 2.56. The molecule has 5 aliphatic rings. The summed E-state index contributed by atoms with van der Waals surface area (Å²) in [4.78, 5) is 0. The Morgan fingerprint density at radius 1 is 0.810 bits per heavy atom. The Labute approximate surface area is 129 Å². The predicted molar refractivity (Wildman–Crippen MR) is 85.8 cm³/mol. The minimum absolute atomic E-state index is 0.160. The van der Waals surface area contributed by atoms with E-state index in [0.29, 0.717) is 0 Å². The summed E-state index contributed by atoms with van der Waals surface area (Å²) in [6, 6.07) is 0. The van der Waals surface area contributed by atoms with Crippen molar-refractivity contribution in [3.8, 4) is 0 Å². The monoisotopic (exact) mass is 288 g/mol. The molecule has 0 amide bonds. The van der Waals surface area contributed by atoms with Crippen LogP contribution in [0.3, 0.4) is 0 Å². The van der Waals surface area contributed by atoms with Crippen molar-refractivity contribution in [3.05, 3.63) is 12.1 Å². The van der Waals surface area contributed by atoms with Gasteiger partial charge >= 0.3 is 7.12 Å². The zero-order valence-electron chi connectivity index (χ0n) is 14.0. The molecule has 0 aromatic carbocycles. The first-order valence-electron chi connectivity index (χ1n) is 8.88. The highest BCUT2D eigenvalue weighted by Crippen LogP contribution is 2.56. The Balaban J connectivity index is 1.45. The quantitative estimate of drug-likeness (QED) is 0.707. The second-order valence-corrected chi connectivity index (χ2v) is 9.02. The Kier molecular flexibility index (Phi) is 3.15. The van der Waals surface area contributed by atoms with Crippen LogP contribution in [0.2, 0.25) is 0 Å². The molecule has 1 saturated heterocycles. The van der Waals surface area contributed by atoms with Crippen LogP contribution in [-0.2, 0) is 9.31 Å². The Hall–Kier alpha value is -0.275. The van der Waals surface area contributed by atoms with Gasteiger partial charge in [0.15, 0.2) is 0 Å². The van der Waals surface area contributed by atoms with Crippen LogP contribution in [0.25, 0.3) is 0 Å². The fourth-order valence-corrected chi connectivity index (χ4v) is 5.47. The van der Waals surface area contributed by atoms with Crippen molar-refractivity contribution in [2.45, 2.75) is 71.0 Å².